The summed E-state index contributed by atoms with van der Waals surface area (Å²) in [4.78, 5) is 0. The van der Waals surface area contributed by atoms with Crippen LogP contribution >= 0.6 is 0 Å². The number of aromatic nitrogens is 2. The molecule has 0 aliphatic carbocycles. The molecule has 2 aromatic rings. The van der Waals surface area contributed by atoms with Crippen molar-refractivity contribution in [3.05, 3.63) is 30.0 Å². The average molecular weight is 258 g/mol. The van der Waals surface area contributed by atoms with Gasteiger partial charge >= 0.3 is 0 Å². The molecule has 5 heteroatoms. The van der Waals surface area contributed by atoms with Crippen molar-refractivity contribution in [3.63, 3.8) is 0 Å². The van der Waals surface area contributed by atoms with Crippen LogP contribution in [0.25, 0.3) is 11.5 Å². The lowest BCUT2D eigenvalue weighted by Crippen LogP contribution is -2.17. The fourth-order valence-electron chi connectivity index (χ4n) is 2.27. The minimum Gasteiger partial charge on any atom is -0.460 e. The summed E-state index contributed by atoms with van der Waals surface area (Å²) in [5, 5.41) is 15.0. The first-order valence-electron chi connectivity index (χ1n) is 6.66. The second-order valence-electron chi connectivity index (χ2n) is 4.95. The molecule has 100 valence electrons. The first-order chi connectivity index (χ1) is 9.31. The van der Waals surface area contributed by atoms with Crippen LogP contribution in [0.15, 0.2) is 28.7 Å². The van der Waals surface area contributed by atoms with E-state index in [0.29, 0.717) is 5.92 Å². The molecule has 2 N–H and O–H groups in total. The van der Waals surface area contributed by atoms with Crippen LogP contribution in [0.2, 0.25) is 0 Å². The van der Waals surface area contributed by atoms with Crippen molar-refractivity contribution < 1.29 is 4.42 Å². The Bertz CT molecular complexity index is 529. The van der Waals surface area contributed by atoms with Crippen molar-refractivity contribution >= 4 is 5.82 Å². The van der Waals surface area contributed by atoms with E-state index in [1.807, 2.05) is 31.2 Å². The largest absolute Gasteiger partial charge is 0.460 e. The second kappa shape index (κ2) is 5.40. The Balaban J connectivity index is 1.62. The van der Waals surface area contributed by atoms with Crippen LogP contribution in [0.1, 0.15) is 12.2 Å². The SMILES string of the molecule is Cc1ccc(-c2ccc(NCC3CCNC3)nn2)o1. The van der Waals surface area contributed by atoms with Gasteiger partial charge in [0.05, 0.1) is 0 Å². The number of furan rings is 1. The number of hydrogen-bond donors (Lipinski definition) is 2. The van der Waals surface area contributed by atoms with Gasteiger partial charge in [0.2, 0.25) is 0 Å². The number of aryl methyl sites for hydroxylation is 1. The number of nitrogens with zero attached hydrogens (tertiary/aromatic N) is 2. The van der Waals surface area contributed by atoms with Gasteiger partial charge in [-0.2, -0.15) is 0 Å². The van der Waals surface area contributed by atoms with Crippen molar-refractivity contribution in [3.8, 4) is 11.5 Å². The van der Waals surface area contributed by atoms with Crippen LogP contribution in [-0.4, -0.2) is 29.8 Å². The molecule has 2 aromatic heterocycles. The molecule has 1 aliphatic rings. The van der Waals surface area contributed by atoms with Gasteiger partial charge in [-0.3, -0.25) is 0 Å². The zero-order chi connectivity index (χ0) is 13.1. The molecule has 1 fully saturated rings. The highest BCUT2D eigenvalue weighted by Gasteiger charge is 2.14. The maximum atomic E-state index is 5.52. The third-order valence-corrected chi connectivity index (χ3v) is 3.39. The van der Waals surface area contributed by atoms with Gasteiger partial charge < -0.3 is 15.1 Å². The zero-order valence-corrected chi connectivity index (χ0v) is 11.0. The molecule has 0 aromatic carbocycles. The molecule has 1 unspecified atom stereocenters. The van der Waals surface area contributed by atoms with E-state index in [1.165, 1.54) is 6.42 Å². The van der Waals surface area contributed by atoms with Gasteiger partial charge in [0.15, 0.2) is 5.76 Å². The van der Waals surface area contributed by atoms with E-state index in [2.05, 4.69) is 20.8 Å². The Morgan fingerprint density at radius 1 is 1.32 bits per heavy atom. The molecular weight excluding hydrogens is 240 g/mol. The number of rotatable bonds is 4. The fraction of sp³-hybridized carbons (Fsp3) is 0.429. The number of anilines is 1. The number of nitrogens with one attached hydrogen (secondary N) is 2. The summed E-state index contributed by atoms with van der Waals surface area (Å²) in [7, 11) is 0. The summed E-state index contributed by atoms with van der Waals surface area (Å²) in [6, 6.07) is 7.72. The monoisotopic (exact) mass is 258 g/mol. The molecule has 1 aliphatic heterocycles. The molecule has 0 bridgehead atoms. The Morgan fingerprint density at radius 2 is 2.26 bits per heavy atom. The van der Waals surface area contributed by atoms with Crippen LogP contribution in [-0.2, 0) is 0 Å². The second-order valence-corrected chi connectivity index (χ2v) is 4.95. The molecule has 0 saturated carbocycles. The van der Waals surface area contributed by atoms with Crippen LogP contribution < -0.4 is 10.6 Å². The van der Waals surface area contributed by atoms with Crippen LogP contribution in [0.3, 0.4) is 0 Å². The molecular formula is C14H18N4O. The van der Waals surface area contributed by atoms with E-state index < -0.39 is 0 Å². The highest BCUT2D eigenvalue weighted by molar-refractivity contribution is 5.53. The van der Waals surface area contributed by atoms with E-state index in [1.54, 1.807) is 0 Å². The van der Waals surface area contributed by atoms with E-state index in [-0.39, 0.29) is 0 Å². The van der Waals surface area contributed by atoms with Gasteiger partial charge in [-0.15, -0.1) is 10.2 Å². The van der Waals surface area contributed by atoms with Gasteiger partial charge in [-0.1, -0.05) is 0 Å². The molecule has 0 radical (unpaired) electrons. The maximum Gasteiger partial charge on any atom is 0.154 e. The standard InChI is InChI=1S/C14H18N4O/c1-10-2-4-13(19-10)12-3-5-14(18-17-12)16-9-11-6-7-15-8-11/h2-5,11,15H,6-9H2,1H3,(H,16,18). The Morgan fingerprint density at radius 3 is 2.89 bits per heavy atom. The third-order valence-electron chi connectivity index (χ3n) is 3.39. The quantitative estimate of drug-likeness (QED) is 0.879. The Labute approximate surface area is 112 Å². The molecule has 3 rings (SSSR count). The Kier molecular flexibility index (Phi) is 3.46. The average Bonchev–Trinajstić information content (AvgIpc) is 3.08. The minimum atomic E-state index is 0.689. The fourth-order valence-corrected chi connectivity index (χ4v) is 2.27. The van der Waals surface area contributed by atoms with Crippen molar-refractivity contribution in [1.82, 2.24) is 15.5 Å². The van der Waals surface area contributed by atoms with Gasteiger partial charge in [0.1, 0.15) is 17.3 Å². The third kappa shape index (κ3) is 2.93. The molecule has 5 nitrogen and oxygen atoms in total. The molecule has 1 saturated heterocycles. The Hall–Kier alpha value is -1.88. The van der Waals surface area contributed by atoms with Gasteiger partial charge in [-0.05, 0) is 56.6 Å². The normalized spacial score (nSPS) is 18.7. The molecule has 3 heterocycles. The first kappa shape index (κ1) is 12.2. The lowest BCUT2D eigenvalue weighted by Gasteiger charge is -2.09. The van der Waals surface area contributed by atoms with Crippen LogP contribution in [0.4, 0.5) is 5.82 Å². The van der Waals surface area contributed by atoms with Crippen molar-refractivity contribution in [2.45, 2.75) is 13.3 Å². The van der Waals surface area contributed by atoms with E-state index in [9.17, 15) is 0 Å². The van der Waals surface area contributed by atoms with Crippen molar-refractivity contribution in [1.29, 1.82) is 0 Å². The predicted molar refractivity (Wildman–Crippen MR) is 73.9 cm³/mol. The zero-order valence-electron chi connectivity index (χ0n) is 11.0. The highest BCUT2D eigenvalue weighted by atomic mass is 16.3. The summed E-state index contributed by atoms with van der Waals surface area (Å²) in [6.45, 7) is 5.07. The minimum absolute atomic E-state index is 0.689. The summed E-state index contributed by atoms with van der Waals surface area (Å²) < 4.78 is 5.52. The smallest absolute Gasteiger partial charge is 0.154 e. The summed E-state index contributed by atoms with van der Waals surface area (Å²) >= 11 is 0. The van der Waals surface area contributed by atoms with Gasteiger partial charge in [0, 0.05) is 6.54 Å². The lowest BCUT2D eigenvalue weighted by molar-refractivity contribution is 0.545. The van der Waals surface area contributed by atoms with E-state index in [4.69, 9.17) is 4.42 Å². The molecule has 0 amide bonds. The maximum absolute atomic E-state index is 5.52. The van der Waals surface area contributed by atoms with Crippen molar-refractivity contribution in [2.75, 3.05) is 25.0 Å². The lowest BCUT2D eigenvalue weighted by atomic mass is 10.1. The summed E-state index contributed by atoms with van der Waals surface area (Å²) in [5.74, 6) is 3.15. The highest BCUT2D eigenvalue weighted by Crippen LogP contribution is 2.19. The van der Waals surface area contributed by atoms with Crippen LogP contribution in [0, 0.1) is 12.8 Å². The molecule has 1 atom stereocenters. The first-order valence-corrected chi connectivity index (χ1v) is 6.66. The summed E-state index contributed by atoms with van der Waals surface area (Å²) in [6.07, 6.45) is 1.23. The van der Waals surface area contributed by atoms with E-state index in [0.717, 1.165) is 42.7 Å². The number of hydrogen-bond acceptors (Lipinski definition) is 5. The summed E-state index contributed by atoms with van der Waals surface area (Å²) in [5.41, 5.74) is 0.765. The van der Waals surface area contributed by atoms with Gasteiger partial charge in [-0.25, -0.2) is 0 Å². The van der Waals surface area contributed by atoms with Crippen LogP contribution in [0.5, 0.6) is 0 Å². The van der Waals surface area contributed by atoms with Crippen molar-refractivity contribution in [2.24, 2.45) is 5.92 Å². The van der Waals surface area contributed by atoms with Gasteiger partial charge in [0.25, 0.3) is 0 Å². The van der Waals surface area contributed by atoms with E-state index >= 15 is 0 Å². The topological polar surface area (TPSA) is 63.0 Å². The molecule has 19 heavy (non-hydrogen) atoms. The molecule has 0 spiro atoms. The predicted octanol–water partition coefficient (Wildman–Crippen LogP) is 2.07.